The van der Waals surface area contributed by atoms with Gasteiger partial charge < -0.3 is 4.90 Å². The van der Waals surface area contributed by atoms with Crippen molar-refractivity contribution in [1.29, 1.82) is 0 Å². The normalized spacial score (nSPS) is 9.38. The number of rotatable bonds is 2. The van der Waals surface area contributed by atoms with Gasteiger partial charge in [0.15, 0.2) is 0 Å². The molecule has 1 amide bonds. The summed E-state index contributed by atoms with van der Waals surface area (Å²) in [6.07, 6.45) is 1.31. The summed E-state index contributed by atoms with van der Waals surface area (Å²) >= 11 is 0. The van der Waals surface area contributed by atoms with Crippen molar-refractivity contribution in [3.05, 3.63) is 42.5 Å². The first-order valence-electron chi connectivity index (χ1n) is 4.12. The van der Waals surface area contributed by atoms with Crippen molar-refractivity contribution in [2.75, 3.05) is 11.9 Å². The van der Waals surface area contributed by atoms with Gasteiger partial charge in [-0.1, -0.05) is 24.3 Å². The van der Waals surface area contributed by atoms with Crippen LogP contribution < -0.4 is 4.90 Å². The van der Waals surface area contributed by atoms with Crippen molar-refractivity contribution in [1.82, 2.24) is 0 Å². The molecular formula is C11H13NO. The largest absolute Gasteiger partial charge is 0.312 e. The van der Waals surface area contributed by atoms with Crippen LogP contribution in [0, 0.1) is 6.92 Å². The molecule has 1 aromatic rings. The second-order valence-corrected chi connectivity index (χ2v) is 2.94. The highest BCUT2D eigenvalue weighted by molar-refractivity contribution is 6.00. The van der Waals surface area contributed by atoms with Gasteiger partial charge >= 0.3 is 0 Å². The molecule has 68 valence electrons. The molecule has 0 bridgehead atoms. The molecule has 0 aromatic heterocycles. The van der Waals surface area contributed by atoms with Crippen LogP contribution >= 0.6 is 0 Å². The van der Waals surface area contributed by atoms with Gasteiger partial charge in [0, 0.05) is 12.7 Å². The standard InChI is InChI=1S/C11H13NO/c1-4-11(13)12(3)10-7-5-9(2)6-8-10/h4-8H,1H2,2-3H3. The molecule has 0 spiro atoms. The van der Waals surface area contributed by atoms with E-state index in [0.29, 0.717) is 0 Å². The predicted molar refractivity (Wildman–Crippen MR) is 54.8 cm³/mol. The Morgan fingerprint density at radius 3 is 2.38 bits per heavy atom. The van der Waals surface area contributed by atoms with Crippen molar-refractivity contribution >= 4 is 11.6 Å². The molecule has 0 aliphatic carbocycles. The molecular weight excluding hydrogens is 162 g/mol. The molecule has 13 heavy (non-hydrogen) atoms. The average molecular weight is 175 g/mol. The van der Waals surface area contributed by atoms with E-state index in [0.717, 1.165) is 5.69 Å². The summed E-state index contributed by atoms with van der Waals surface area (Å²) in [5.41, 5.74) is 2.07. The molecule has 2 heteroatoms. The van der Waals surface area contributed by atoms with Crippen molar-refractivity contribution < 1.29 is 4.79 Å². The number of carbonyl (C=O) groups excluding carboxylic acids is 1. The van der Waals surface area contributed by atoms with E-state index in [9.17, 15) is 4.79 Å². The number of hydrogen-bond acceptors (Lipinski definition) is 1. The van der Waals surface area contributed by atoms with Crippen LogP contribution in [0.3, 0.4) is 0 Å². The number of amides is 1. The minimum atomic E-state index is -0.0937. The Bertz CT molecular complexity index is 313. The molecule has 0 fully saturated rings. The molecule has 0 heterocycles. The van der Waals surface area contributed by atoms with Crippen molar-refractivity contribution in [2.45, 2.75) is 6.92 Å². The summed E-state index contributed by atoms with van der Waals surface area (Å²) in [5, 5.41) is 0. The second kappa shape index (κ2) is 3.90. The lowest BCUT2D eigenvalue weighted by Gasteiger charge is -2.14. The monoisotopic (exact) mass is 175 g/mol. The highest BCUT2D eigenvalue weighted by Crippen LogP contribution is 2.13. The zero-order valence-corrected chi connectivity index (χ0v) is 7.95. The first-order valence-corrected chi connectivity index (χ1v) is 4.12. The van der Waals surface area contributed by atoms with E-state index in [1.807, 2.05) is 31.2 Å². The van der Waals surface area contributed by atoms with Gasteiger partial charge in [0.2, 0.25) is 5.91 Å². The minimum absolute atomic E-state index is 0.0937. The van der Waals surface area contributed by atoms with Gasteiger partial charge in [-0.25, -0.2) is 0 Å². The topological polar surface area (TPSA) is 20.3 Å². The first-order chi connectivity index (χ1) is 6.15. The Hall–Kier alpha value is -1.57. The third-order valence-corrected chi connectivity index (χ3v) is 1.93. The number of likely N-dealkylation sites (N-methyl/N-ethyl adjacent to an activating group) is 1. The van der Waals surface area contributed by atoms with Gasteiger partial charge in [-0.15, -0.1) is 0 Å². The fourth-order valence-electron chi connectivity index (χ4n) is 1.03. The Balaban J connectivity index is 2.89. The van der Waals surface area contributed by atoms with Gasteiger partial charge in [0.05, 0.1) is 0 Å². The molecule has 1 rings (SSSR count). The smallest absolute Gasteiger partial charge is 0.250 e. The SMILES string of the molecule is C=CC(=O)N(C)c1ccc(C)cc1. The Kier molecular flexibility index (Phi) is 2.85. The van der Waals surface area contributed by atoms with E-state index in [-0.39, 0.29) is 5.91 Å². The Labute approximate surface area is 78.5 Å². The summed E-state index contributed by atoms with van der Waals surface area (Å²) in [4.78, 5) is 12.8. The summed E-state index contributed by atoms with van der Waals surface area (Å²) in [7, 11) is 1.73. The fraction of sp³-hybridized carbons (Fsp3) is 0.182. The van der Waals surface area contributed by atoms with Crippen LogP contribution in [0.1, 0.15) is 5.56 Å². The number of hydrogen-bond donors (Lipinski definition) is 0. The molecule has 1 aromatic carbocycles. The maximum atomic E-state index is 11.2. The van der Waals surface area contributed by atoms with E-state index >= 15 is 0 Å². The predicted octanol–water partition coefficient (Wildman–Crippen LogP) is 2.14. The van der Waals surface area contributed by atoms with E-state index in [2.05, 4.69) is 6.58 Å². The molecule has 0 N–H and O–H groups in total. The first kappa shape index (κ1) is 9.52. The molecule has 0 radical (unpaired) electrons. The van der Waals surface area contributed by atoms with Crippen LogP contribution in [0.4, 0.5) is 5.69 Å². The zero-order valence-electron chi connectivity index (χ0n) is 7.95. The van der Waals surface area contributed by atoms with Gasteiger partial charge in [-0.3, -0.25) is 4.79 Å². The lowest BCUT2D eigenvalue weighted by molar-refractivity contribution is -0.113. The molecule has 0 aliphatic rings. The van der Waals surface area contributed by atoms with E-state index in [1.54, 1.807) is 11.9 Å². The van der Waals surface area contributed by atoms with E-state index in [4.69, 9.17) is 0 Å². The van der Waals surface area contributed by atoms with E-state index < -0.39 is 0 Å². The number of aryl methyl sites for hydroxylation is 1. The number of anilines is 1. The molecule has 0 saturated heterocycles. The molecule has 2 nitrogen and oxygen atoms in total. The summed E-state index contributed by atoms with van der Waals surface area (Å²) in [6, 6.07) is 7.78. The van der Waals surface area contributed by atoms with Crippen molar-refractivity contribution in [2.24, 2.45) is 0 Å². The van der Waals surface area contributed by atoms with E-state index in [1.165, 1.54) is 11.6 Å². The Morgan fingerprint density at radius 2 is 1.92 bits per heavy atom. The molecule has 0 saturated carbocycles. The number of nitrogens with zero attached hydrogens (tertiary/aromatic N) is 1. The maximum absolute atomic E-state index is 11.2. The van der Waals surface area contributed by atoms with Crippen molar-refractivity contribution in [3.63, 3.8) is 0 Å². The van der Waals surface area contributed by atoms with Crippen molar-refractivity contribution in [3.8, 4) is 0 Å². The van der Waals surface area contributed by atoms with Crippen LogP contribution in [-0.4, -0.2) is 13.0 Å². The molecule has 0 atom stereocenters. The van der Waals surface area contributed by atoms with Crippen LogP contribution in [0.5, 0.6) is 0 Å². The maximum Gasteiger partial charge on any atom is 0.250 e. The Morgan fingerprint density at radius 1 is 1.38 bits per heavy atom. The summed E-state index contributed by atoms with van der Waals surface area (Å²) in [5.74, 6) is -0.0937. The van der Waals surface area contributed by atoms with Gasteiger partial charge in [0.25, 0.3) is 0 Å². The number of benzene rings is 1. The van der Waals surface area contributed by atoms with Gasteiger partial charge in [-0.05, 0) is 25.1 Å². The molecule has 0 unspecified atom stereocenters. The van der Waals surface area contributed by atoms with Gasteiger partial charge in [0.1, 0.15) is 0 Å². The average Bonchev–Trinajstić information content (AvgIpc) is 2.17. The molecule has 0 aliphatic heterocycles. The highest BCUT2D eigenvalue weighted by atomic mass is 16.2. The number of carbonyl (C=O) groups is 1. The quantitative estimate of drug-likeness (QED) is 0.631. The lowest BCUT2D eigenvalue weighted by Crippen LogP contribution is -2.23. The minimum Gasteiger partial charge on any atom is -0.312 e. The van der Waals surface area contributed by atoms with Crippen LogP contribution in [0.2, 0.25) is 0 Å². The third-order valence-electron chi connectivity index (χ3n) is 1.93. The van der Waals surface area contributed by atoms with Crippen LogP contribution in [-0.2, 0) is 4.79 Å². The fourth-order valence-corrected chi connectivity index (χ4v) is 1.03. The zero-order chi connectivity index (χ0) is 9.84. The van der Waals surface area contributed by atoms with Crippen LogP contribution in [0.15, 0.2) is 36.9 Å². The van der Waals surface area contributed by atoms with Gasteiger partial charge in [-0.2, -0.15) is 0 Å². The van der Waals surface area contributed by atoms with Crippen LogP contribution in [0.25, 0.3) is 0 Å². The summed E-state index contributed by atoms with van der Waals surface area (Å²) in [6.45, 7) is 5.45. The highest BCUT2D eigenvalue weighted by Gasteiger charge is 2.05. The second-order valence-electron chi connectivity index (χ2n) is 2.94. The summed E-state index contributed by atoms with van der Waals surface area (Å²) < 4.78 is 0. The lowest BCUT2D eigenvalue weighted by atomic mass is 10.2. The third kappa shape index (κ3) is 2.18.